The van der Waals surface area contributed by atoms with Crippen molar-refractivity contribution in [3.05, 3.63) is 30.1 Å². The van der Waals surface area contributed by atoms with E-state index in [-0.39, 0.29) is 37.9 Å². The van der Waals surface area contributed by atoms with Gasteiger partial charge in [0.2, 0.25) is 15.9 Å². The second-order valence-electron chi connectivity index (χ2n) is 6.52. The molecular weight excluding hydrogens is 332 g/mol. The number of aromatic nitrogens is 1. The Morgan fingerprint density at radius 3 is 2.71 bits per heavy atom. The third-order valence-electron chi connectivity index (χ3n) is 4.52. The molecule has 0 saturated carbocycles. The first kappa shape index (κ1) is 16.8. The maximum atomic E-state index is 12.7. The second-order valence-corrected chi connectivity index (χ2v) is 8.50. The number of carbonyl (C=O) groups excluding carboxylic acids is 2. The Balaban J connectivity index is 1.89. The summed E-state index contributed by atoms with van der Waals surface area (Å²) in [5.41, 5.74) is -0.133. The lowest BCUT2D eigenvalue weighted by molar-refractivity contribution is -0.119. The van der Waals surface area contributed by atoms with E-state index in [1.807, 2.05) is 0 Å². The van der Waals surface area contributed by atoms with Crippen molar-refractivity contribution in [3.8, 4) is 0 Å². The van der Waals surface area contributed by atoms with Crippen LogP contribution >= 0.6 is 0 Å². The summed E-state index contributed by atoms with van der Waals surface area (Å²) in [6, 6.07) is 3.36. The molecule has 1 spiro atoms. The molecule has 1 N–H and O–H groups in total. The number of amides is 2. The molecule has 0 radical (unpaired) electrons. The number of hydrogen-bond acceptors (Lipinski definition) is 5. The monoisotopic (exact) mass is 352 g/mol. The molecule has 2 saturated heterocycles. The molecule has 0 aliphatic carbocycles. The van der Waals surface area contributed by atoms with Crippen molar-refractivity contribution in [3.63, 3.8) is 0 Å². The van der Waals surface area contributed by atoms with Crippen molar-refractivity contribution in [2.24, 2.45) is 5.41 Å². The van der Waals surface area contributed by atoms with Crippen molar-refractivity contribution in [1.82, 2.24) is 19.5 Å². The molecule has 0 unspecified atom stereocenters. The topological polar surface area (TPSA) is 99.7 Å². The number of hydrogen-bond donors (Lipinski definition) is 1. The molecule has 24 heavy (non-hydrogen) atoms. The van der Waals surface area contributed by atoms with Crippen molar-refractivity contribution in [1.29, 1.82) is 0 Å². The van der Waals surface area contributed by atoms with Crippen LogP contribution in [0.1, 0.15) is 16.8 Å². The van der Waals surface area contributed by atoms with Crippen LogP contribution in [0.3, 0.4) is 0 Å². The molecule has 1 atom stereocenters. The highest BCUT2D eigenvalue weighted by Gasteiger charge is 2.45. The number of sulfonamides is 1. The molecule has 1 aromatic rings. The van der Waals surface area contributed by atoms with Crippen LogP contribution < -0.4 is 5.32 Å². The quantitative estimate of drug-likeness (QED) is 0.759. The zero-order chi connectivity index (χ0) is 17.4. The summed E-state index contributed by atoms with van der Waals surface area (Å²) >= 11 is 0. The Morgan fingerprint density at radius 2 is 2.12 bits per heavy atom. The van der Waals surface area contributed by atoms with Gasteiger partial charge in [0.1, 0.15) is 0 Å². The van der Waals surface area contributed by atoms with Crippen molar-refractivity contribution >= 4 is 21.8 Å². The van der Waals surface area contributed by atoms with Crippen LogP contribution in [0.2, 0.25) is 0 Å². The summed E-state index contributed by atoms with van der Waals surface area (Å²) in [7, 11) is -3.40. The first-order valence-electron chi connectivity index (χ1n) is 7.70. The smallest absolute Gasteiger partial charge is 0.255 e. The molecule has 2 fully saturated rings. The van der Waals surface area contributed by atoms with Gasteiger partial charge in [0.15, 0.2) is 0 Å². The van der Waals surface area contributed by atoms with Gasteiger partial charge < -0.3 is 10.2 Å². The lowest BCUT2D eigenvalue weighted by atomic mass is 9.86. The summed E-state index contributed by atoms with van der Waals surface area (Å²) in [6.45, 7) is 1.46. The molecule has 8 nitrogen and oxygen atoms in total. The first-order valence-corrected chi connectivity index (χ1v) is 9.55. The van der Waals surface area contributed by atoms with E-state index in [1.165, 1.54) is 10.5 Å². The van der Waals surface area contributed by atoms with E-state index in [0.29, 0.717) is 18.7 Å². The van der Waals surface area contributed by atoms with Gasteiger partial charge in [-0.2, -0.15) is 4.31 Å². The Morgan fingerprint density at radius 1 is 1.33 bits per heavy atom. The molecule has 2 amide bonds. The minimum Gasteiger partial charge on any atom is -0.355 e. The number of nitrogens with zero attached hydrogens (tertiary/aromatic N) is 3. The van der Waals surface area contributed by atoms with Gasteiger partial charge >= 0.3 is 0 Å². The highest BCUT2D eigenvalue weighted by molar-refractivity contribution is 7.88. The molecule has 2 aliphatic heterocycles. The SMILES string of the molecule is CS(=O)(=O)N1CCN(C(=O)c2cccnc2)C[C@@]2(CNC(=O)C2)C1. The lowest BCUT2D eigenvalue weighted by Gasteiger charge is -2.32. The number of pyridine rings is 1. The summed E-state index contributed by atoms with van der Waals surface area (Å²) in [5.74, 6) is -0.309. The summed E-state index contributed by atoms with van der Waals surface area (Å²) < 4.78 is 25.4. The zero-order valence-electron chi connectivity index (χ0n) is 13.4. The largest absolute Gasteiger partial charge is 0.355 e. The third-order valence-corrected chi connectivity index (χ3v) is 5.77. The minimum atomic E-state index is -3.40. The normalized spacial score (nSPS) is 25.5. The molecule has 9 heteroatoms. The van der Waals surface area contributed by atoms with Crippen LogP contribution in [0, 0.1) is 5.41 Å². The second kappa shape index (κ2) is 6.14. The van der Waals surface area contributed by atoms with E-state index in [4.69, 9.17) is 0 Å². The highest BCUT2D eigenvalue weighted by Crippen LogP contribution is 2.32. The van der Waals surface area contributed by atoms with Gasteiger partial charge in [0.25, 0.3) is 5.91 Å². The maximum Gasteiger partial charge on any atom is 0.255 e. The molecule has 3 rings (SSSR count). The van der Waals surface area contributed by atoms with Crippen LogP contribution in [0.15, 0.2) is 24.5 Å². The Bertz CT molecular complexity index is 752. The van der Waals surface area contributed by atoms with Gasteiger partial charge in [0, 0.05) is 57.0 Å². The van der Waals surface area contributed by atoms with Crippen LogP contribution in [-0.2, 0) is 14.8 Å². The van der Waals surface area contributed by atoms with Crippen molar-refractivity contribution in [2.45, 2.75) is 6.42 Å². The number of rotatable bonds is 2. The molecule has 1 aromatic heterocycles. The Labute approximate surface area is 140 Å². The Hall–Kier alpha value is -2.00. The van der Waals surface area contributed by atoms with E-state index in [0.717, 1.165) is 6.26 Å². The fraction of sp³-hybridized carbons (Fsp3) is 0.533. The third kappa shape index (κ3) is 3.41. The standard InChI is InChI=1S/C15H20N4O4S/c1-24(22,23)19-6-5-18(14(21)12-3-2-4-16-8-12)10-15(11-19)7-13(20)17-9-15/h2-4,8H,5-7,9-11H2,1H3,(H,17,20)/t15-/m1/s1. The predicted molar refractivity (Wildman–Crippen MR) is 86.6 cm³/mol. The van der Waals surface area contributed by atoms with Gasteiger partial charge in [0.05, 0.1) is 11.8 Å². The Kier molecular flexibility index (Phi) is 4.31. The van der Waals surface area contributed by atoms with Gasteiger partial charge in [-0.3, -0.25) is 14.6 Å². The fourth-order valence-electron chi connectivity index (χ4n) is 3.32. The van der Waals surface area contributed by atoms with Crippen molar-refractivity contribution < 1.29 is 18.0 Å². The highest BCUT2D eigenvalue weighted by atomic mass is 32.2. The van der Waals surface area contributed by atoms with E-state index in [2.05, 4.69) is 10.3 Å². The van der Waals surface area contributed by atoms with Crippen LogP contribution in [0.5, 0.6) is 0 Å². The van der Waals surface area contributed by atoms with Crippen LogP contribution in [0.25, 0.3) is 0 Å². The van der Waals surface area contributed by atoms with Crippen molar-refractivity contribution in [2.75, 3.05) is 39.0 Å². The minimum absolute atomic E-state index is 0.112. The molecular formula is C15H20N4O4S. The molecule has 130 valence electrons. The van der Waals surface area contributed by atoms with Gasteiger partial charge in [-0.15, -0.1) is 0 Å². The molecule has 0 bridgehead atoms. The summed E-state index contributed by atoms with van der Waals surface area (Å²) in [5, 5.41) is 2.77. The van der Waals surface area contributed by atoms with E-state index in [9.17, 15) is 18.0 Å². The summed E-state index contributed by atoms with van der Waals surface area (Å²) in [4.78, 5) is 30.1. The molecule has 2 aliphatic rings. The van der Waals surface area contributed by atoms with Gasteiger partial charge in [-0.05, 0) is 12.1 Å². The number of carbonyl (C=O) groups is 2. The lowest BCUT2D eigenvalue weighted by Crippen LogP contribution is -2.44. The maximum absolute atomic E-state index is 12.7. The zero-order valence-corrected chi connectivity index (χ0v) is 14.3. The van der Waals surface area contributed by atoms with Gasteiger partial charge in [-0.25, -0.2) is 8.42 Å². The van der Waals surface area contributed by atoms with Gasteiger partial charge in [-0.1, -0.05) is 0 Å². The van der Waals surface area contributed by atoms with Crippen LogP contribution in [-0.4, -0.2) is 73.4 Å². The molecule has 3 heterocycles. The first-order chi connectivity index (χ1) is 11.3. The van der Waals surface area contributed by atoms with E-state index >= 15 is 0 Å². The average molecular weight is 352 g/mol. The average Bonchev–Trinajstić information content (AvgIpc) is 2.78. The summed E-state index contributed by atoms with van der Waals surface area (Å²) in [6.07, 6.45) is 4.46. The number of nitrogens with one attached hydrogen (secondary N) is 1. The van der Waals surface area contributed by atoms with Crippen LogP contribution in [0.4, 0.5) is 0 Å². The van der Waals surface area contributed by atoms with E-state index in [1.54, 1.807) is 23.2 Å². The predicted octanol–water partition coefficient (Wildman–Crippen LogP) is -0.695. The fourth-order valence-corrected chi connectivity index (χ4v) is 4.24. The molecule has 0 aromatic carbocycles. The van der Waals surface area contributed by atoms with E-state index < -0.39 is 15.4 Å².